The van der Waals surface area contributed by atoms with Crippen LogP contribution in [0.1, 0.15) is 28.5 Å². The fourth-order valence-corrected chi connectivity index (χ4v) is 3.27. The molecule has 9 nitrogen and oxygen atoms in total. The van der Waals surface area contributed by atoms with Crippen LogP contribution in [0.3, 0.4) is 0 Å². The average Bonchev–Trinajstić information content (AvgIpc) is 3.25. The summed E-state index contributed by atoms with van der Waals surface area (Å²) in [7, 11) is 0. The number of halogens is 4. The zero-order chi connectivity index (χ0) is 23.9. The molecule has 4 rings (SSSR count). The number of para-hydroxylation sites is 1. The van der Waals surface area contributed by atoms with Crippen LogP contribution in [-0.2, 0) is 4.79 Å². The predicted octanol–water partition coefficient (Wildman–Crippen LogP) is 2.71. The lowest BCUT2D eigenvalue weighted by molar-refractivity contribution is -0.287. The van der Waals surface area contributed by atoms with Crippen molar-refractivity contribution in [3.63, 3.8) is 0 Å². The molecule has 0 saturated heterocycles. The molecule has 1 unspecified atom stereocenters. The number of nitrogens with one attached hydrogen (secondary N) is 2. The van der Waals surface area contributed by atoms with Gasteiger partial charge in [-0.05, 0) is 18.2 Å². The van der Waals surface area contributed by atoms with Gasteiger partial charge in [0.05, 0.1) is 12.5 Å². The third-order valence-corrected chi connectivity index (χ3v) is 4.63. The van der Waals surface area contributed by atoms with Crippen LogP contribution >= 0.6 is 0 Å². The quantitative estimate of drug-likeness (QED) is 0.479. The Labute approximate surface area is 181 Å². The maximum absolute atomic E-state index is 14.0. The van der Waals surface area contributed by atoms with Crippen LogP contribution in [-0.4, -0.2) is 33.1 Å². The first-order valence-corrected chi connectivity index (χ1v) is 9.23. The summed E-state index contributed by atoms with van der Waals surface area (Å²) >= 11 is 0. The zero-order valence-corrected chi connectivity index (χ0v) is 16.3. The third kappa shape index (κ3) is 4.37. The van der Waals surface area contributed by atoms with Crippen molar-refractivity contribution in [3.05, 3.63) is 75.7 Å². The summed E-state index contributed by atoms with van der Waals surface area (Å²) in [5.74, 6) is -5.13. The standard InChI is InChI=1S/C20H13F4N3O6/c21-9-4-5-14(11(22)6-9)27-16(28)7-13(26-27)19(31)25-12(8-17(29)30)10-2-1-3-15-18(10)33-20(23,24)32-15/h1-7,12,26H,8H2,(H,25,31)(H,29,30). The smallest absolute Gasteiger partial charge is 0.481 e. The van der Waals surface area contributed by atoms with E-state index in [9.17, 15) is 37.1 Å². The molecule has 0 aliphatic carbocycles. The number of hydrogen-bond acceptors (Lipinski definition) is 5. The van der Waals surface area contributed by atoms with Crippen LogP contribution in [0.5, 0.6) is 11.5 Å². The van der Waals surface area contributed by atoms with Gasteiger partial charge < -0.3 is 19.9 Å². The molecule has 13 heteroatoms. The van der Waals surface area contributed by atoms with Crippen molar-refractivity contribution in [1.82, 2.24) is 15.1 Å². The topological polar surface area (TPSA) is 123 Å². The molecule has 172 valence electrons. The minimum absolute atomic E-state index is 0.105. The van der Waals surface area contributed by atoms with Crippen molar-refractivity contribution in [3.8, 4) is 17.2 Å². The molecular weight excluding hydrogens is 454 g/mol. The predicted molar refractivity (Wildman–Crippen MR) is 101 cm³/mol. The van der Waals surface area contributed by atoms with E-state index >= 15 is 0 Å². The minimum Gasteiger partial charge on any atom is -0.481 e. The minimum atomic E-state index is -3.97. The number of rotatable bonds is 6. The highest BCUT2D eigenvalue weighted by Gasteiger charge is 2.45. The van der Waals surface area contributed by atoms with E-state index in [1.807, 2.05) is 0 Å². The Kier molecular flexibility index (Phi) is 5.31. The lowest BCUT2D eigenvalue weighted by Gasteiger charge is -2.18. The molecule has 0 fully saturated rings. The highest BCUT2D eigenvalue weighted by atomic mass is 19.3. The Morgan fingerprint density at radius 3 is 2.61 bits per heavy atom. The molecule has 3 aromatic rings. The van der Waals surface area contributed by atoms with Gasteiger partial charge in [-0.3, -0.25) is 19.5 Å². The zero-order valence-electron chi connectivity index (χ0n) is 16.3. The Balaban J connectivity index is 1.65. The second-order valence-electron chi connectivity index (χ2n) is 6.91. The Morgan fingerprint density at radius 1 is 1.15 bits per heavy atom. The van der Waals surface area contributed by atoms with Crippen LogP contribution in [0.15, 0.2) is 47.3 Å². The van der Waals surface area contributed by atoms with Gasteiger partial charge in [0.2, 0.25) is 0 Å². The van der Waals surface area contributed by atoms with E-state index in [4.69, 9.17) is 0 Å². The molecule has 2 heterocycles. The first-order valence-electron chi connectivity index (χ1n) is 9.23. The SMILES string of the molecule is O=C(O)CC(NC(=O)c1cc(=O)n(-c2ccc(F)cc2F)[nH]1)c1cccc2c1OC(F)(F)O2. The first-order chi connectivity index (χ1) is 15.5. The number of nitrogens with zero attached hydrogens (tertiary/aromatic N) is 1. The van der Waals surface area contributed by atoms with Crippen LogP contribution in [0.2, 0.25) is 0 Å². The van der Waals surface area contributed by atoms with Crippen molar-refractivity contribution >= 4 is 11.9 Å². The number of carboxylic acid groups (broad SMARTS) is 1. The van der Waals surface area contributed by atoms with Gasteiger partial charge in [0.15, 0.2) is 17.3 Å². The maximum atomic E-state index is 14.0. The van der Waals surface area contributed by atoms with Crippen LogP contribution in [0, 0.1) is 11.6 Å². The number of hydrogen-bond donors (Lipinski definition) is 3. The van der Waals surface area contributed by atoms with Gasteiger partial charge in [-0.25, -0.2) is 13.5 Å². The summed E-state index contributed by atoms with van der Waals surface area (Å²) < 4.78 is 63.6. The fourth-order valence-electron chi connectivity index (χ4n) is 3.27. The summed E-state index contributed by atoms with van der Waals surface area (Å²) in [4.78, 5) is 36.3. The van der Waals surface area contributed by atoms with Crippen molar-refractivity contribution in [2.45, 2.75) is 18.8 Å². The summed E-state index contributed by atoms with van der Waals surface area (Å²) in [6, 6.07) is 5.60. The highest BCUT2D eigenvalue weighted by Crippen LogP contribution is 2.45. The van der Waals surface area contributed by atoms with Gasteiger partial charge in [0.1, 0.15) is 17.2 Å². The van der Waals surface area contributed by atoms with E-state index in [2.05, 4.69) is 19.9 Å². The molecule has 0 saturated carbocycles. The Morgan fingerprint density at radius 2 is 1.91 bits per heavy atom. The van der Waals surface area contributed by atoms with Crippen molar-refractivity contribution in [2.75, 3.05) is 0 Å². The summed E-state index contributed by atoms with van der Waals surface area (Å²) in [6.45, 7) is 0. The van der Waals surface area contributed by atoms with Gasteiger partial charge in [-0.1, -0.05) is 12.1 Å². The number of aromatic amines is 1. The molecule has 0 radical (unpaired) electrons. The Bertz CT molecular complexity index is 1320. The van der Waals surface area contributed by atoms with Crippen LogP contribution in [0.4, 0.5) is 17.6 Å². The maximum Gasteiger partial charge on any atom is 0.586 e. The second-order valence-corrected chi connectivity index (χ2v) is 6.91. The molecule has 1 aromatic heterocycles. The number of carbonyl (C=O) groups excluding carboxylic acids is 1. The van der Waals surface area contributed by atoms with Gasteiger partial charge in [0.25, 0.3) is 11.5 Å². The second kappa shape index (κ2) is 8.00. The number of aliphatic carboxylic acids is 1. The molecule has 0 bridgehead atoms. The summed E-state index contributed by atoms with van der Waals surface area (Å²) in [6.07, 6.45) is -4.70. The molecule has 2 aromatic carbocycles. The monoisotopic (exact) mass is 467 g/mol. The molecule has 33 heavy (non-hydrogen) atoms. The Hall–Kier alpha value is -4.29. The number of carbonyl (C=O) groups is 2. The van der Waals surface area contributed by atoms with E-state index in [0.717, 1.165) is 18.2 Å². The fraction of sp³-hybridized carbons (Fsp3) is 0.150. The number of H-pyrrole nitrogens is 1. The van der Waals surface area contributed by atoms with E-state index in [-0.39, 0.29) is 17.0 Å². The molecule has 1 aliphatic rings. The highest BCUT2D eigenvalue weighted by molar-refractivity contribution is 5.92. The summed E-state index contributed by atoms with van der Waals surface area (Å²) in [5.41, 5.74) is -1.73. The molecule has 3 N–H and O–H groups in total. The normalized spacial score (nSPS) is 14.7. The van der Waals surface area contributed by atoms with Crippen LogP contribution < -0.4 is 20.3 Å². The van der Waals surface area contributed by atoms with E-state index in [1.165, 1.54) is 18.2 Å². The molecular formula is C20H13F4N3O6. The molecule has 1 atom stereocenters. The lowest BCUT2D eigenvalue weighted by atomic mass is 10.0. The van der Waals surface area contributed by atoms with Gasteiger partial charge in [-0.2, -0.15) is 0 Å². The van der Waals surface area contributed by atoms with Crippen molar-refractivity contribution < 1.29 is 41.7 Å². The van der Waals surface area contributed by atoms with E-state index in [1.54, 1.807) is 0 Å². The summed E-state index contributed by atoms with van der Waals surface area (Å²) in [5, 5.41) is 13.9. The largest absolute Gasteiger partial charge is 0.586 e. The van der Waals surface area contributed by atoms with Gasteiger partial charge in [-0.15, -0.1) is 8.78 Å². The number of fused-ring (bicyclic) bond motifs is 1. The number of alkyl halides is 2. The van der Waals surface area contributed by atoms with Crippen molar-refractivity contribution in [2.24, 2.45) is 0 Å². The van der Waals surface area contributed by atoms with Gasteiger partial charge >= 0.3 is 12.3 Å². The number of aromatic nitrogens is 2. The molecule has 1 amide bonds. The average molecular weight is 467 g/mol. The van der Waals surface area contributed by atoms with E-state index in [0.29, 0.717) is 10.7 Å². The van der Waals surface area contributed by atoms with Crippen molar-refractivity contribution in [1.29, 1.82) is 0 Å². The van der Waals surface area contributed by atoms with Crippen LogP contribution in [0.25, 0.3) is 5.69 Å². The van der Waals surface area contributed by atoms with Gasteiger partial charge in [0, 0.05) is 17.7 Å². The van der Waals surface area contributed by atoms with E-state index < -0.39 is 59.3 Å². The number of ether oxygens (including phenoxy) is 2. The molecule has 0 spiro atoms. The number of carboxylic acids is 1. The third-order valence-electron chi connectivity index (χ3n) is 4.63. The first kappa shape index (κ1) is 21.9. The lowest BCUT2D eigenvalue weighted by Crippen LogP contribution is -2.31. The number of amides is 1. The molecule has 1 aliphatic heterocycles. The number of benzene rings is 2.